The first kappa shape index (κ1) is 19.6. The molecule has 1 aromatic heterocycles. The highest BCUT2D eigenvalue weighted by molar-refractivity contribution is 8.01. The summed E-state index contributed by atoms with van der Waals surface area (Å²) < 4.78 is 26.7. The van der Waals surface area contributed by atoms with Crippen LogP contribution in [0.4, 0.5) is 0 Å². The number of amides is 1. The molecule has 1 amide bonds. The van der Waals surface area contributed by atoms with E-state index in [0.717, 1.165) is 14.6 Å². The van der Waals surface area contributed by atoms with Gasteiger partial charge in [0.05, 0.1) is 27.0 Å². The van der Waals surface area contributed by atoms with Gasteiger partial charge >= 0.3 is 0 Å². The van der Waals surface area contributed by atoms with Crippen LogP contribution < -0.4 is 0 Å². The summed E-state index contributed by atoms with van der Waals surface area (Å²) in [5.74, 6) is 0.793. The van der Waals surface area contributed by atoms with Crippen molar-refractivity contribution in [1.29, 1.82) is 0 Å². The first-order chi connectivity index (χ1) is 12.3. The first-order valence-corrected chi connectivity index (χ1v) is 12.3. The van der Waals surface area contributed by atoms with E-state index >= 15 is 0 Å². The van der Waals surface area contributed by atoms with Crippen LogP contribution in [0.5, 0.6) is 0 Å². The molecule has 142 valence electrons. The molecule has 0 bridgehead atoms. The molecule has 0 N–H and O–H groups in total. The van der Waals surface area contributed by atoms with Gasteiger partial charge in [-0.2, -0.15) is 0 Å². The number of hydrogen-bond donors (Lipinski definition) is 0. The molecular formula is C18H24N2O3S3. The van der Waals surface area contributed by atoms with Gasteiger partial charge in [-0.1, -0.05) is 37.7 Å². The molecule has 1 aromatic carbocycles. The number of rotatable bonds is 6. The van der Waals surface area contributed by atoms with Crippen molar-refractivity contribution >= 4 is 49.1 Å². The molecule has 1 fully saturated rings. The number of fused-ring (bicyclic) bond motifs is 1. The Bertz CT molecular complexity index is 836. The lowest BCUT2D eigenvalue weighted by Crippen LogP contribution is -2.44. The van der Waals surface area contributed by atoms with Gasteiger partial charge in [-0.15, -0.1) is 11.3 Å². The molecule has 1 aliphatic rings. The minimum absolute atomic E-state index is 0.0639. The van der Waals surface area contributed by atoms with Gasteiger partial charge in [0.1, 0.15) is 0 Å². The van der Waals surface area contributed by atoms with E-state index < -0.39 is 9.84 Å². The summed E-state index contributed by atoms with van der Waals surface area (Å²) >= 11 is 3.06. The molecule has 0 saturated carbocycles. The number of likely N-dealkylation sites (tertiary alicyclic amines) is 1. The number of carbonyl (C=O) groups is 1. The van der Waals surface area contributed by atoms with Gasteiger partial charge in [0.2, 0.25) is 5.91 Å². The number of carbonyl (C=O) groups excluding carboxylic acids is 1. The maximum atomic E-state index is 12.5. The fourth-order valence-electron chi connectivity index (χ4n) is 3.19. The third-order valence-corrected chi connectivity index (χ3v) is 9.24. The van der Waals surface area contributed by atoms with E-state index in [4.69, 9.17) is 0 Å². The SMILES string of the molecule is CC(C)CS(=O)(=O)C1CCN(C(=O)CSc2nc3ccccc3s2)CC1. The fraction of sp³-hybridized carbons (Fsp3) is 0.556. The topological polar surface area (TPSA) is 67.3 Å². The minimum Gasteiger partial charge on any atom is -0.342 e. The molecule has 0 unspecified atom stereocenters. The highest BCUT2D eigenvalue weighted by Crippen LogP contribution is 2.29. The largest absolute Gasteiger partial charge is 0.342 e. The zero-order valence-electron chi connectivity index (χ0n) is 15.1. The Morgan fingerprint density at radius 2 is 2.00 bits per heavy atom. The Labute approximate surface area is 163 Å². The van der Waals surface area contributed by atoms with Crippen molar-refractivity contribution in [3.05, 3.63) is 24.3 Å². The second kappa shape index (κ2) is 8.27. The molecule has 1 saturated heterocycles. The molecule has 0 radical (unpaired) electrons. The third kappa shape index (κ3) is 4.78. The highest BCUT2D eigenvalue weighted by Gasteiger charge is 2.31. The second-order valence-electron chi connectivity index (χ2n) is 7.04. The molecule has 26 heavy (non-hydrogen) atoms. The highest BCUT2D eigenvalue weighted by atomic mass is 32.2. The molecule has 0 atom stereocenters. The number of thiazole rings is 1. The summed E-state index contributed by atoms with van der Waals surface area (Å²) in [7, 11) is -3.05. The van der Waals surface area contributed by atoms with Crippen molar-refractivity contribution < 1.29 is 13.2 Å². The van der Waals surface area contributed by atoms with Gasteiger partial charge in [-0.25, -0.2) is 13.4 Å². The number of benzene rings is 1. The van der Waals surface area contributed by atoms with Gasteiger partial charge in [0.25, 0.3) is 0 Å². The number of thioether (sulfide) groups is 1. The molecule has 8 heteroatoms. The number of piperidine rings is 1. The Hall–Kier alpha value is -1.12. The summed E-state index contributed by atoms with van der Waals surface area (Å²) in [6.45, 7) is 4.91. The van der Waals surface area contributed by atoms with E-state index in [-0.39, 0.29) is 22.8 Å². The van der Waals surface area contributed by atoms with Crippen LogP contribution in [-0.2, 0) is 14.6 Å². The average Bonchev–Trinajstić information content (AvgIpc) is 3.01. The predicted molar refractivity (Wildman–Crippen MR) is 109 cm³/mol. The molecule has 2 aromatic rings. The number of nitrogens with zero attached hydrogens (tertiary/aromatic N) is 2. The van der Waals surface area contributed by atoms with Crippen molar-refractivity contribution in [1.82, 2.24) is 9.88 Å². The summed E-state index contributed by atoms with van der Waals surface area (Å²) in [5, 5.41) is -0.300. The summed E-state index contributed by atoms with van der Waals surface area (Å²) in [5.41, 5.74) is 0.962. The second-order valence-corrected chi connectivity index (χ2v) is 11.6. The zero-order valence-corrected chi connectivity index (χ0v) is 17.5. The van der Waals surface area contributed by atoms with E-state index in [1.54, 1.807) is 16.2 Å². The van der Waals surface area contributed by atoms with E-state index in [1.807, 2.05) is 38.1 Å². The minimum atomic E-state index is -3.05. The summed E-state index contributed by atoms with van der Waals surface area (Å²) in [4.78, 5) is 18.8. The number of sulfone groups is 1. The number of hydrogen-bond acceptors (Lipinski definition) is 6. The lowest BCUT2D eigenvalue weighted by Gasteiger charge is -2.32. The maximum Gasteiger partial charge on any atom is 0.233 e. The molecule has 1 aliphatic heterocycles. The molecule has 3 rings (SSSR count). The van der Waals surface area contributed by atoms with Crippen LogP contribution in [-0.4, -0.2) is 54.1 Å². The van der Waals surface area contributed by atoms with E-state index in [9.17, 15) is 13.2 Å². The van der Waals surface area contributed by atoms with Crippen molar-refractivity contribution in [2.45, 2.75) is 36.3 Å². The van der Waals surface area contributed by atoms with Gasteiger partial charge in [-0.05, 0) is 30.9 Å². The number of para-hydroxylation sites is 1. The maximum absolute atomic E-state index is 12.5. The fourth-order valence-corrected chi connectivity index (χ4v) is 7.29. The zero-order chi connectivity index (χ0) is 18.7. The standard InChI is InChI=1S/C18H24N2O3S3/c1-13(2)12-26(22,23)14-7-9-20(10-8-14)17(21)11-24-18-19-15-5-3-4-6-16(15)25-18/h3-6,13-14H,7-12H2,1-2H3. The lowest BCUT2D eigenvalue weighted by atomic mass is 10.1. The molecule has 0 spiro atoms. The van der Waals surface area contributed by atoms with Gasteiger partial charge in [0, 0.05) is 13.1 Å². The first-order valence-electron chi connectivity index (χ1n) is 8.83. The van der Waals surface area contributed by atoms with E-state index in [2.05, 4.69) is 4.98 Å². The predicted octanol–water partition coefficient (Wildman–Crippen LogP) is 3.45. The monoisotopic (exact) mass is 412 g/mol. The van der Waals surface area contributed by atoms with Crippen LogP contribution in [0.15, 0.2) is 28.6 Å². The summed E-state index contributed by atoms with van der Waals surface area (Å²) in [6.07, 6.45) is 1.10. The molecule has 0 aliphatic carbocycles. The normalized spacial score (nSPS) is 16.5. The molecule has 5 nitrogen and oxygen atoms in total. The molecule has 2 heterocycles. The summed E-state index contributed by atoms with van der Waals surface area (Å²) in [6, 6.07) is 7.94. The Balaban J connectivity index is 1.50. The third-order valence-electron chi connectivity index (χ3n) is 4.46. The average molecular weight is 413 g/mol. The van der Waals surface area contributed by atoms with Crippen LogP contribution in [0.25, 0.3) is 10.2 Å². The van der Waals surface area contributed by atoms with Crippen LogP contribution in [0.2, 0.25) is 0 Å². The smallest absolute Gasteiger partial charge is 0.233 e. The van der Waals surface area contributed by atoms with Crippen LogP contribution in [0.3, 0.4) is 0 Å². The number of aromatic nitrogens is 1. The lowest BCUT2D eigenvalue weighted by molar-refractivity contribution is -0.129. The van der Waals surface area contributed by atoms with Crippen LogP contribution in [0.1, 0.15) is 26.7 Å². The van der Waals surface area contributed by atoms with Crippen molar-refractivity contribution in [2.24, 2.45) is 5.92 Å². The van der Waals surface area contributed by atoms with Crippen molar-refractivity contribution in [3.63, 3.8) is 0 Å². The van der Waals surface area contributed by atoms with E-state index in [0.29, 0.717) is 31.7 Å². The van der Waals surface area contributed by atoms with Crippen molar-refractivity contribution in [2.75, 3.05) is 24.6 Å². The van der Waals surface area contributed by atoms with Crippen molar-refractivity contribution in [3.8, 4) is 0 Å². The quantitative estimate of drug-likeness (QED) is 0.680. The van der Waals surface area contributed by atoms with Gasteiger partial charge < -0.3 is 4.90 Å². The van der Waals surface area contributed by atoms with Gasteiger partial charge in [-0.3, -0.25) is 4.79 Å². The Morgan fingerprint density at radius 3 is 2.65 bits per heavy atom. The van der Waals surface area contributed by atoms with Crippen LogP contribution in [0, 0.1) is 5.92 Å². The molecular weight excluding hydrogens is 388 g/mol. The van der Waals surface area contributed by atoms with Crippen LogP contribution >= 0.6 is 23.1 Å². The van der Waals surface area contributed by atoms with E-state index in [1.165, 1.54) is 11.8 Å². The Morgan fingerprint density at radius 1 is 1.31 bits per heavy atom. The van der Waals surface area contributed by atoms with Gasteiger partial charge in [0.15, 0.2) is 14.2 Å². The Kier molecular flexibility index (Phi) is 6.25.